The van der Waals surface area contributed by atoms with Crippen molar-refractivity contribution in [2.24, 2.45) is 0 Å². The largest absolute Gasteiger partial charge is 0.462 e. The number of pyridine rings is 1. The first kappa shape index (κ1) is 23.0. The third kappa shape index (κ3) is 5.71. The minimum absolute atomic E-state index is 0.0409. The lowest BCUT2D eigenvalue weighted by Crippen LogP contribution is -2.18. The minimum Gasteiger partial charge on any atom is -0.462 e. The fourth-order valence-corrected chi connectivity index (χ4v) is 3.09. The first-order valence-corrected chi connectivity index (χ1v) is 9.92. The summed E-state index contributed by atoms with van der Waals surface area (Å²) in [5, 5.41) is 6.41. The molecule has 32 heavy (non-hydrogen) atoms. The van der Waals surface area contributed by atoms with Crippen LogP contribution in [0, 0.1) is 0 Å². The lowest BCUT2D eigenvalue weighted by molar-refractivity contribution is -0.143. The van der Waals surface area contributed by atoms with Gasteiger partial charge in [-0.25, -0.2) is 9.48 Å². The zero-order valence-electron chi connectivity index (χ0n) is 17.2. The maximum absolute atomic E-state index is 13.7. The number of anilines is 1. The van der Waals surface area contributed by atoms with Crippen LogP contribution in [0.2, 0.25) is 0 Å². The van der Waals surface area contributed by atoms with Crippen LogP contribution >= 0.6 is 0 Å². The van der Waals surface area contributed by atoms with Crippen LogP contribution in [-0.2, 0) is 22.1 Å². The third-order valence-corrected chi connectivity index (χ3v) is 4.47. The summed E-state index contributed by atoms with van der Waals surface area (Å²) in [5.41, 5.74) is -0.693. The van der Waals surface area contributed by atoms with Gasteiger partial charge in [-0.3, -0.25) is 9.78 Å². The van der Waals surface area contributed by atoms with Crippen molar-refractivity contribution in [2.45, 2.75) is 32.4 Å². The molecule has 0 saturated carbocycles. The van der Waals surface area contributed by atoms with Crippen molar-refractivity contribution < 1.29 is 27.5 Å². The van der Waals surface area contributed by atoms with Gasteiger partial charge in [-0.2, -0.15) is 18.3 Å². The SMILES string of the molecule is CCOC(=O)c1cnn(-c2cccc(NC(=O)CCCc3ccccn3)c2)c1C(F)(F)F. The zero-order chi connectivity index (χ0) is 23.1. The number of ether oxygens (including phenoxy) is 1. The number of amides is 1. The molecular formula is C22H21F3N4O3. The average Bonchev–Trinajstić information content (AvgIpc) is 3.21. The molecule has 0 saturated heterocycles. The number of nitrogens with zero attached hydrogens (tertiary/aromatic N) is 3. The van der Waals surface area contributed by atoms with Gasteiger partial charge >= 0.3 is 12.1 Å². The number of hydrogen-bond donors (Lipinski definition) is 1. The molecule has 0 fully saturated rings. The summed E-state index contributed by atoms with van der Waals surface area (Å²) in [6.45, 7) is 1.43. The van der Waals surface area contributed by atoms with Crippen LogP contribution in [0.25, 0.3) is 5.69 Å². The summed E-state index contributed by atoms with van der Waals surface area (Å²) in [4.78, 5) is 28.4. The van der Waals surface area contributed by atoms with E-state index in [0.717, 1.165) is 11.9 Å². The van der Waals surface area contributed by atoms with Gasteiger partial charge in [0, 0.05) is 24.0 Å². The summed E-state index contributed by atoms with van der Waals surface area (Å²) in [6, 6.07) is 11.3. The number of esters is 1. The summed E-state index contributed by atoms with van der Waals surface area (Å²) in [7, 11) is 0. The topological polar surface area (TPSA) is 86.1 Å². The molecule has 3 rings (SSSR count). The van der Waals surface area contributed by atoms with E-state index in [1.165, 1.54) is 25.1 Å². The molecule has 0 radical (unpaired) electrons. The van der Waals surface area contributed by atoms with Crippen LogP contribution in [0.1, 0.15) is 41.5 Å². The van der Waals surface area contributed by atoms with E-state index in [1.54, 1.807) is 12.3 Å². The van der Waals surface area contributed by atoms with Crippen molar-refractivity contribution in [3.05, 3.63) is 71.8 Å². The van der Waals surface area contributed by atoms with Gasteiger partial charge in [0.1, 0.15) is 5.56 Å². The van der Waals surface area contributed by atoms with Crippen molar-refractivity contribution in [3.8, 4) is 5.69 Å². The van der Waals surface area contributed by atoms with E-state index in [0.29, 0.717) is 23.2 Å². The van der Waals surface area contributed by atoms with Crippen molar-refractivity contribution in [3.63, 3.8) is 0 Å². The Morgan fingerprint density at radius 3 is 2.66 bits per heavy atom. The standard InChI is InChI=1S/C22H21F3N4O3/c1-2-32-21(31)18-14-27-29(20(18)22(23,24)25)17-10-5-9-16(13-17)28-19(30)11-6-8-15-7-3-4-12-26-15/h3-5,7,9-10,12-14H,2,6,8,11H2,1H3,(H,28,30). The summed E-state index contributed by atoms with van der Waals surface area (Å²) in [5.74, 6) is -1.38. The van der Waals surface area contributed by atoms with E-state index in [1.807, 2.05) is 18.2 Å². The maximum Gasteiger partial charge on any atom is 0.434 e. The number of alkyl halides is 3. The molecule has 0 atom stereocenters. The third-order valence-electron chi connectivity index (χ3n) is 4.47. The molecular weight excluding hydrogens is 425 g/mol. The molecule has 3 aromatic rings. The number of aryl methyl sites for hydroxylation is 1. The normalized spacial score (nSPS) is 11.2. The van der Waals surface area contributed by atoms with Crippen LogP contribution in [0.15, 0.2) is 54.9 Å². The number of benzene rings is 1. The van der Waals surface area contributed by atoms with Gasteiger partial charge in [-0.1, -0.05) is 12.1 Å². The molecule has 0 aliphatic heterocycles. The molecule has 1 amide bonds. The number of hydrogen-bond acceptors (Lipinski definition) is 5. The number of halogens is 3. The average molecular weight is 446 g/mol. The number of rotatable bonds is 8. The molecule has 1 aromatic carbocycles. The number of aromatic nitrogens is 3. The van der Waals surface area contributed by atoms with E-state index in [4.69, 9.17) is 4.74 Å². The smallest absolute Gasteiger partial charge is 0.434 e. The van der Waals surface area contributed by atoms with Crippen molar-refractivity contribution in [1.29, 1.82) is 0 Å². The Morgan fingerprint density at radius 1 is 1.16 bits per heavy atom. The van der Waals surface area contributed by atoms with Crippen molar-refractivity contribution in [2.75, 3.05) is 11.9 Å². The van der Waals surface area contributed by atoms with E-state index in [9.17, 15) is 22.8 Å². The zero-order valence-corrected chi connectivity index (χ0v) is 17.2. The highest BCUT2D eigenvalue weighted by atomic mass is 19.4. The monoisotopic (exact) mass is 446 g/mol. The van der Waals surface area contributed by atoms with Gasteiger partial charge in [0.25, 0.3) is 0 Å². The predicted molar refractivity (Wildman–Crippen MR) is 110 cm³/mol. The Kier molecular flexibility index (Phi) is 7.24. The Balaban J connectivity index is 1.74. The number of carbonyl (C=O) groups is 2. The molecule has 168 valence electrons. The van der Waals surface area contributed by atoms with Crippen LogP contribution in [0.3, 0.4) is 0 Å². The van der Waals surface area contributed by atoms with Gasteiger partial charge in [-0.05, 0) is 50.1 Å². The molecule has 2 aromatic heterocycles. The first-order chi connectivity index (χ1) is 15.3. The lowest BCUT2D eigenvalue weighted by atomic mass is 10.1. The van der Waals surface area contributed by atoms with Gasteiger partial charge in [0.15, 0.2) is 5.69 Å². The molecule has 0 spiro atoms. The lowest BCUT2D eigenvalue weighted by Gasteiger charge is -2.13. The second-order valence-corrected chi connectivity index (χ2v) is 6.81. The van der Waals surface area contributed by atoms with Crippen LogP contribution in [-0.4, -0.2) is 33.2 Å². The van der Waals surface area contributed by atoms with Crippen molar-refractivity contribution >= 4 is 17.6 Å². The van der Waals surface area contributed by atoms with Gasteiger partial charge < -0.3 is 10.1 Å². The molecule has 1 N–H and O–H groups in total. The highest BCUT2D eigenvalue weighted by Gasteiger charge is 2.41. The van der Waals surface area contributed by atoms with Crippen LogP contribution in [0.4, 0.5) is 18.9 Å². The van der Waals surface area contributed by atoms with Gasteiger partial charge in [0.2, 0.25) is 5.91 Å². The van der Waals surface area contributed by atoms with Crippen LogP contribution in [0.5, 0.6) is 0 Å². The molecule has 0 aliphatic rings. The molecule has 10 heteroatoms. The molecule has 0 unspecified atom stereocenters. The Labute approximate surface area is 182 Å². The highest BCUT2D eigenvalue weighted by Crippen LogP contribution is 2.34. The maximum atomic E-state index is 13.7. The molecule has 0 bridgehead atoms. The predicted octanol–water partition coefficient (Wildman–Crippen LogP) is 4.42. The fourth-order valence-electron chi connectivity index (χ4n) is 3.09. The molecule has 0 aliphatic carbocycles. The van der Waals surface area contributed by atoms with Gasteiger partial charge in [-0.15, -0.1) is 0 Å². The summed E-state index contributed by atoms with van der Waals surface area (Å²) < 4.78 is 46.3. The Hall–Kier alpha value is -3.69. The Bertz CT molecular complexity index is 1080. The quantitative estimate of drug-likeness (QED) is 0.518. The summed E-state index contributed by atoms with van der Waals surface area (Å²) in [6.07, 6.45) is -0.912. The summed E-state index contributed by atoms with van der Waals surface area (Å²) >= 11 is 0. The molecule has 2 heterocycles. The highest BCUT2D eigenvalue weighted by molar-refractivity contribution is 5.91. The van der Waals surface area contributed by atoms with E-state index < -0.39 is 23.4 Å². The fraction of sp³-hybridized carbons (Fsp3) is 0.273. The van der Waals surface area contributed by atoms with Crippen LogP contribution < -0.4 is 5.32 Å². The van der Waals surface area contributed by atoms with E-state index in [-0.39, 0.29) is 24.6 Å². The molecule has 7 nitrogen and oxygen atoms in total. The number of carbonyl (C=O) groups excluding carboxylic acids is 2. The second-order valence-electron chi connectivity index (χ2n) is 6.81. The Morgan fingerprint density at radius 2 is 1.97 bits per heavy atom. The van der Waals surface area contributed by atoms with Gasteiger partial charge in [0.05, 0.1) is 18.5 Å². The van der Waals surface area contributed by atoms with E-state index in [2.05, 4.69) is 15.4 Å². The van der Waals surface area contributed by atoms with E-state index >= 15 is 0 Å². The van der Waals surface area contributed by atoms with Crippen molar-refractivity contribution in [1.82, 2.24) is 14.8 Å². The first-order valence-electron chi connectivity index (χ1n) is 9.92. The minimum atomic E-state index is -4.84. The second kappa shape index (κ2) is 10.1. The number of nitrogens with one attached hydrogen (secondary N) is 1.